The number of pyridine rings is 1. The molecule has 5 N–H and O–H groups in total. The summed E-state index contributed by atoms with van der Waals surface area (Å²) in [6.45, 7) is 0. The van der Waals surface area contributed by atoms with Crippen LogP contribution in [0.2, 0.25) is 0 Å². The molecule has 0 radical (unpaired) electrons. The molecule has 2 heterocycles. The quantitative estimate of drug-likeness (QED) is 0.516. The van der Waals surface area contributed by atoms with Crippen molar-refractivity contribution in [3.8, 4) is 0 Å². The van der Waals surface area contributed by atoms with E-state index in [0.717, 1.165) is 21.6 Å². The second-order valence-electron chi connectivity index (χ2n) is 7.66. The maximum Gasteiger partial charge on any atom is 0.325 e. The van der Waals surface area contributed by atoms with E-state index in [4.69, 9.17) is 11.5 Å². The molecular weight excluding hydrogens is 406 g/mol. The number of β-lactam (4-membered cyclic amide) rings is 1. The molecule has 1 aliphatic heterocycles. The average Bonchev–Trinajstić information content (AvgIpc) is 2.80. The van der Waals surface area contributed by atoms with E-state index in [-0.39, 0.29) is 6.42 Å². The molecule has 0 saturated carbocycles. The minimum atomic E-state index is -1.04. The first kappa shape index (κ1) is 21.0. The Morgan fingerprint density at radius 3 is 2.12 bits per heavy atom. The fourth-order valence-corrected chi connectivity index (χ4v) is 4.02. The van der Waals surface area contributed by atoms with E-state index < -0.39 is 35.8 Å². The van der Waals surface area contributed by atoms with Gasteiger partial charge in [-0.3, -0.25) is 14.5 Å². The summed E-state index contributed by atoms with van der Waals surface area (Å²) in [6, 6.07) is 19.9. The zero-order valence-electron chi connectivity index (χ0n) is 17.2. The molecule has 0 spiro atoms. The van der Waals surface area contributed by atoms with E-state index in [2.05, 4.69) is 10.3 Å². The topological polar surface area (TPSA) is 131 Å². The Balaban J connectivity index is 1.56. The van der Waals surface area contributed by atoms with Gasteiger partial charge in [0.15, 0.2) is 0 Å². The number of amides is 4. The molecule has 4 rings (SSSR count). The third-order valence-corrected chi connectivity index (χ3v) is 5.56. The van der Waals surface area contributed by atoms with Gasteiger partial charge in [0.25, 0.3) is 0 Å². The Labute approximate surface area is 185 Å². The number of imide groups is 1. The maximum absolute atomic E-state index is 13.1. The van der Waals surface area contributed by atoms with Gasteiger partial charge in [0, 0.05) is 6.20 Å². The van der Waals surface area contributed by atoms with E-state index in [0.29, 0.717) is 5.82 Å². The summed E-state index contributed by atoms with van der Waals surface area (Å²) >= 11 is 0. The third-order valence-electron chi connectivity index (χ3n) is 5.56. The summed E-state index contributed by atoms with van der Waals surface area (Å²) in [5.41, 5.74) is 13.7. The van der Waals surface area contributed by atoms with Crippen LogP contribution >= 0.6 is 0 Å². The van der Waals surface area contributed by atoms with Crippen molar-refractivity contribution >= 4 is 23.7 Å². The number of rotatable bonds is 6. The van der Waals surface area contributed by atoms with Crippen molar-refractivity contribution < 1.29 is 14.4 Å². The Kier molecular flexibility index (Phi) is 5.85. The van der Waals surface area contributed by atoms with Gasteiger partial charge in [-0.05, 0) is 35.2 Å². The molecule has 2 aromatic carbocycles. The molecule has 32 heavy (non-hydrogen) atoms. The summed E-state index contributed by atoms with van der Waals surface area (Å²) in [7, 11) is 0. The second kappa shape index (κ2) is 8.89. The zero-order valence-corrected chi connectivity index (χ0v) is 17.2. The summed E-state index contributed by atoms with van der Waals surface area (Å²) < 4.78 is 0. The minimum absolute atomic E-state index is 0.240. The smallest absolute Gasteiger partial charge is 0.325 e. The summed E-state index contributed by atoms with van der Waals surface area (Å²) in [5, 5.41) is 2.89. The summed E-state index contributed by atoms with van der Waals surface area (Å²) in [5.74, 6) is -1.61. The highest BCUT2D eigenvalue weighted by Crippen LogP contribution is 2.31. The Hall–Kier alpha value is -4.20. The largest absolute Gasteiger partial charge is 0.384 e. The number of anilines is 1. The minimum Gasteiger partial charge on any atom is -0.384 e. The van der Waals surface area contributed by atoms with Crippen LogP contribution in [0.1, 0.15) is 22.7 Å². The van der Waals surface area contributed by atoms with Gasteiger partial charge in [0.1, 0.15) is 11.9 Å². The van der Waals surface area contributed by atoms with Crippen molar-refractivity contribution in [1.29, 1.82) is 0 Å². The lowest BCUT2D eigenvalue weighted by atomic mass is 9.82. The number of likely N-dealkylation sites (tertiary alicyclic amines) is 1. The van der Waals surface area contributed by atoms with Crippen LogP contribution in [0.4, 0.5) is 10.6 Å². The number of nitrogens with two attached hydrogens (primary N) is 2. The summed E-state index contributed by atoms with van der Waals surface area (Å²) in [4.78, 5) is 43.0. The number of nitrogens with zero attached hydrogens (tertiary/aromatic N) is 2. The van der Waals surface area contributed by atoms with Crippen LogP contribution in [-0.4, -0.2) is 33.8 Å². The maximum atomic E-state index is 13.1. The molecule has 4 amide bonds. The van der Waals surface area contributed by atoms with Gasteiger partial charge in [0.05, 0.1) is 12.0 Å². The number of hydrogen-bond donors (Lipinski definition) is 3. The van der Waals surface area contributed by atoms with E-state index in [9.17, 15) is 14.4 Å². The van der Waals surface area contributed by atoms with Crippen LogP contribution in [0.5, 0.6) is 0 Å². The summed E-state index contributed by atoms with van der Waals surface area (Å²) in [6.07, 6.45) is 1.77. The van der Waals surface area contributed by atoms with Crippen LogP contribution in [-0.2, 0) is 16.0 Å². The number of aromatic nitrogens is 1. The van der Waals surface area contributed by atoms with Gasteiger partial charge >= 0.3 is 6.03 Å². The van der Waals surface area contributed by atoms with Crippen LogP contribution in [0, 0.1) is 5.92 Å². The molecule has 162 valence electrons. The van der Waals surface area contributed by atoms with Crippen molar-refractivity contribution in [3.05, 3.63) is 95.7 Å². The van der Waals surface area contributed by atoms with Gasteiger partial charge in [-0.15, -0.1) is 0 Å². The molecular formula is C24H23N5O3. The lowest BCUT2D eigenvalue weighted by molar-refractivity contribution is -0.156. The number of nitrogens with one attached hydrogen (secondary N) is 1. The van der Waals surface area contributed by atoms with E-state index in [1.807, 2.05) is 60.7 Å². The van der Waals surface area contributed by atoms with Gasteiger partial charge < -0.3 is 16.8 Å². The Morgan fingerprint density at radius 2 is 1.59 bits per heavy atom. The highest BCUT2D eigenvalue weighted by atomic mass is 16.2. The van der Waals surface area contributed by atoms with Crippen molar-refractivity contribution in [1.82, 2.24) is 15.2 Å². The Bertz CT molecular complexity index is 1100. The predicted molar refractivity (Wildman–Crippen MR) is 119 cm³/mol. The number of urea groups is 1. The van der Waals surface area contributed by atoms with Gasteiger partial charge in [0.2, 0.25) is 11.8 Å². The molecule has 1 fully saturated rings. The van der Waals surface area contributed by atoms with Crippen molar-refractivity contribution in [3.63, 3.8) is 0 Å². The molecule has 1 aromatic heterocycles. The first-order valence-corrected chi connectivity index (χ1v) is 10.2. The van der Waals surface area contributed by atoms with Crippen LogP contribution in [0.3, 0.4) is 0 Å². The number of carbonyl (C=O) groups is 3. The van der Waals surface area contributed by atoms with Gasteiger partial charge in [-0.1, -0.05) is 60.7 Å². The molecule has 1 saturated heterocycles. The predicted octanol–water partition coefficient (Wildman–Crippen LogP) is 2.02. The molecule has 3 aromatic rings. The molecule has 0 bridgehead atoms. The van der Waals surface area contributed by atoms with Crippen LogP contribution in [0.15, 0.2) is 79.0 Å². The monoisotopic (exact) mass is 429 g/mol. The van der Waals surface area contributed by atoms with Gasteiger partial charge in [-0.25, -0.2) is 9.78 Å². The van der Waals surface area contributed by atoms with Gasteiger partial charge in [-0.2, -0.15) is 0 Å². The van der Waals surface area contributed by atoms with E-state index in [1.54, 1.807) is 12.1 Å². The first-order valence-electron chi connectivity index (χ1n) is 10.2. The molecule has 2 atom stereocenters. The highest BCUT2D eigenvalue weighted by molar-refractivity contribution is 6.08. The van der Waals surface area contributed by atoms with Crippen LogP contribution < -0.4 is 16.8 Å². The Morgan fingerprint density at radius 1 is 1.00 bits per heavy atom. The van der Waals surface area contributed by atoms with E-state index in [1.165, 1.54) is 6.20 Å². The molecule has 8 nitrogen and oxygen atoms in total. The molecule has 2 unspecified atom stereocenters. The number of nitrogen functional groups attached to an aromatic ring is 1. The lowest BCUT2D eigenvalue weighted by Gasteiger charge is -2.44. The van der Waals surface area contributed by atoms with Crippen molar-refractivity contribution in [2.45, 2.75) is 18.5 Å². The fraction of sp³-hybridized carbons (Fsp3) is 0.167. The number of benzene rings is 2. The molecule has 0 aliphatic carbocycles. The van der Waals surface area contributed by atoms with Crippen molar-refractivity contribution in [2.75, 3.05) is 5.73 Å². The third kappa shape index (κ3) is 4.15. The molecule has 1 aliphatic rings. The second-order valence-corrected chi connectivity index (χ2v) is 7.66. The fourth-order valence-electron chi connectivity index (χ4n) is 4.02. The number of primary amides is 1. The number of carbonyl (C=O) groups excluding carboxylic acids is 3. The SMILES string of the molecule is NC(=O)C1C(Cc2ccnc(N)c2)C(=O)N1C(=O)NC(c1ccccc1)c1ccccc1. The highest BCUT2D eigenvalue weighted by Gasteiger charge is 2.53. The zero-order chi connectivity index (χ0) is 22.7. The first-order chi connectivity index (χ1) is 15.5. The van der Waals surface area contributed by atoms with Crippen LogP contribution in [0.25, 0.3) is 0 Å². The molecule has 8 heteroatoms. The lowest BCUT2D eigenvalue weighted by Crippen LogP contribution is -2.70. The number of hydrogen-bond acceptors (Lipinski definition) is 5. The standard InChI is InChI=1S/C24H23N5O3/c25-19-14-15(11-12-27-19)13-18-21(22(26)30)29(23(18)31)24(32)28-20(16-7-3-1-4-8-16)17-9-5-2-6-10-17/h1-12,14,18,20-21H,13H2,(H2,25,27)(H2,26,30)(H,28,32). The van der Waals surface area contributed by atoms with Crippen molar-refractivity contribution in [2.24, 2.45) is 11.7 Å². The average molecular weight is 429 g/mol. The van der Waals surface area contributed by atoms with E-state index >= 15 is 0 Å². The normalized spacial score (nSPS) is 17.7.